The second-order valence-corrected chi connectivity index (χ2v) is 10.1. The summed E-state index contributed by atoms with van der Waals surface area (Å²) in [7, 11) is -5.51. The molecule has 0 aliphatic carbocycles. The molecular formula is C18H22F3N3O3S2. The van der Waals surface area contributed by atoms with Crippen molar-refractivity contribution in [3.8, 4) is 0 Å². The predicted molar refractivity (Wildman–Crippen MR) is 107 cm³/mol. The molecule has 0 fully saturated rings. The number of anilines is 1. The summed E-state index contributed by atoms with van der Waals surface area (Å²) in [5, 5.41) is 5.62. The number of hydrogen-bond donors (Lipinski definition) is 2. The van der Waals surface area contributed by atoms with Gasteiger partial charge in [0, 0.05) is 35.0 Å². The monoisotopic (exact) mass is 449 g/mol. The second-order valence-electron chi connectivity index (χ2n) is 7.46. The number of aryl methyl sites for hydroxylation is 1. The van der Waals surface area contributed by atoms with E-state index in [1.807, 2.05) is 5.38 Å². The normalized spacial score (nSPS) is 12.7. The third-order valence-corrected chi connectivity index (χ3v) is 5.99. The summed E-state index contributed by atoms with van der Waals surface area (Å²) >= 11 is 1.52. The van der Waals surface area contributed by atoms with Crippen LogP contribution in [-0.4, -0.2) is 31.4 Å². The number of thiazole rings is 1. The quantitative estimate of drug-likeness (QED) is 0.698. The van der Waals surface area contributed by atoms with Gasteiger partial charge in [0.15, 0.2) is 0 Å². The Bertz CT molecular complexity index is 994. The number of hydrogen-bond acceptors (Lipinski definition) is 5. The molecule has 0 saturated carbocycles. The highest BCUT2D eigenvalue weighted by Crippen LogP contribution is 2.26. The first-order valence-electron chi connectivity index (χ1n) is 8.63. The fourth-order valence-electron chi connectivity index (χ4n) is 2.34. The molecule has 1 heterocycles. The van der Waals surface area contributed by atoms with Gasteiger partial charge < -0.3 is 5.32 Å². The molecule has 29 heavy (non-hydrogen) atoms. The van der Waals surface area contributed by atoms with Crippen molar-refractivity contribution in [2.75, 3.05) is 11.3 Å². The summed E-state index contributed by atoms with van der Waals surface area (Å²) in [5.41, 5.74) is -4.17. The molecule has 0 aliphatic heterocycles. The number of alkyl halides is 3. The molecule has 0 spiro atoms. The van der Waals surface area contributed by atoms with Crippen LogP contribution in [0.25, 0.3) is 0 Å². The van der Waals surface area contributed by atoms with E-state index < -0.39 is 21.4 Å². The van der Waals surface area contributed by atoms with Gasteiger partial charge in [-0.15, -0.1) is 11.3 Å². The van der Waals surface area contributed by atoms with Crippen LogP contribution >= 0.6 is 11.3 Å². The van der Waals surface area contributed by atoms with Gasteiger partial charge in [-0.2, -0.15) is 21.6 Å². The Labute approximate surface area is 171 Å². The number of carbonyl (C=O) groups excluding carboxylic acids is 1. The minimum atomic E-state index is -5.51. The van der Waals surface area contributed by atoms with Crippen molar-refractivity contribution in [2.45, 2.75) is 45.0 Å². The van der Waals surface area contributed by atoms with Gasteiger partial charge in [-0.1, -0.05) is 20.8 Å². The van der Waals surface area contributed by atoms with Gasteiger partial charge in [0.25, 0.3) is 5.91 Å². The van der Waals surface area contributed by atoms with Crippen LogP contribution in [0.1, 0.15) is 47.4 Å². The fourth-order valence-corrected chi connectivity index (χ4v) is 3.92. The summed E-state index contributed by atoms with van der Waals surface area (Å²) in [4.78, 5) is 16.9. The summed E-state index contributed by atoms with van der Waals surface area (Å²) in [6, 6.07) is 3.57. The SMILES string of the molecule is Cc1cc(NS(=O)(=O)C(F)(F)F)ccc1C(=O)NCCc1nc(C(C)(C)C)cs1. The lowest BCUT2D eigenvalue weighted by Crippen LogP contribution is -2.30. The van der Waals surface area contributed by atoms with Gasteiger partial charge in [-0.25, -0.2) is 4.98 Å². The molecule has 2 rings (SSSR count). The van der Waals surface area contributed by atoms with Crippen LogP contribution in [0.3, 0.4) is 0 Å². The van der Waals surface area contributed by atoms with E-state index in [0.29, 0.717) is 18.5 Å². The smallest absolute Gasteiger partial charge is 0.352 e. The zero-order chi connectivity index (χ0) is 22.0. The van der Waals surface area contributed by atoms with E-state index in [9.17, 15) is 26.4 Å². The Hall–Kier alpha value is -2.14. The van der Waals surface area contributed by atoms with Gasteiger partial charge in [0.2, 0.25) is 0 Å². The van der Waals surface area contributed by atoms with Crippen molar-refractivity contribution in [3.05, 3.63) is 45.4 Å². The van der Waals surface area contributed by atoms with E-state index in [4.69, 9.17) is 0 Å². The molecule has 0 bridgehead atoms. The number of halogens is 3. The molecule has 6 nitrogen and oxygen atoms in total. The number of carbonyl (C=O) groups is 1. The first kappa shape index (κ1) is 23.1. The van der Waals surface area contributed by atoms with Crippen LogP contribution in [-0.2, 0) is 21.9 Å². The van der Waals surface area contributed by atoms with Gasteiger partial charge >= 0.3 is 15.5 Å². The maximum Gasteiger partial charge on any atom is 0.516 e. The molecule has 2 N–H and O–H groups in total. The van der Waals surface area contributed by atoms with Gasteiger partial charge in [-0.3, -0.25) is 9.52 Å². The number of amides is 1. The number of aromatic nitrogens is 1. The zero-order valence-corrected chi connectivity index (χ0v) is 18.0. The van der Waals surface area contributed by atoms with Crippen LogP contribution in [0.5, 0.6) is 0 Å². The molecule has 0 saturated heterocycles. The van der Waals surface area contributed by atoms with E-state index in [0.717, 1.165) is 16.8 Å². The predicted octanol–water partition coefficient (Wildman–Crippen LogP) is 3.98. The number of benzene rings is 1. The standard InChI is InChI=1S/C18H22F3N3O3S2/c1-11-9-12(24-29(26,27)18(19,20)21)5-6-13(11)16(25)22-8-7-15-23-14(10-28-15)17(2,3)4/h5-6,9-10,24H,7-8H2,1-4H3,(H,22,25). The molecule has 0 unspecified atom stereocenters. The van der Waals surface area contributed by atoms with E-state index in [1.54, 1.807) is 0 Å². The molecule has 0 atom stereocenters. The van der Waals surface area contributed by atoms with Crippen LogP contribution in [0.4, 0.5) is 18.9 Å². The van der Waals surface area contributed by atoms with E-state index in [2.05, 4.69) is 31.1 Å². The maximum atomic E-state index is 12.5. The van der Waals surface area contributed by atoms with Gasteiger partial charge in [-0.05, 0) is 30.7 Å². The summed E-state index contributed by atoms with van der Waals surface area (Å²) in [5.74, 6) is -0.402. The van der Waals surface area contributed by atoms with Crippen LogP contribution in [0.2, 0.25) is 0 Å². The van der Waals surface area contributed by atoms with E-state index >= 15 is 0 Å². The van der Waals surface area contributed by atoms with Gasteiger partial charge in [0.05, 0.1) is 10.7 Å². The molecule has 1 amide bonds. The van der Waals surface area contributed by atoms with Gasteiger partial charge in [0.1, 0.15) is 0 Å². The van der Waals surface area contributed by atoms with Crippen molar-refractivity contribution in [1.29, 1.82) is 0 Å². The average Bonchev–Trinajstić information content (AvgIpc) is 3.02. The van der Waals surface area contributed by atoms with Crippen LogP contribution in [0, 0.1) is 6.92 Å². The molecule has 1 aromatic heterocycles. The highest BCUT2D eigenvalue weighted by molar-refractivity contribution is 7.93. The fraction of sp³-hybridized carbons (Fsp3) is 0.444. The third kappa shape index (κ3) is 5.92. The van der Waals surface area contributed by atoms with Crippen molar-refractivity contribution in [3.63, 3.8) is 0 Å². The highest BCUT2D eigenvalue weighted by atomic mass is 32.2. The minimum Gasteiger partial charge on any atom is -0.352 e. The Morgan fingerprint density at radius 3 is 2.38 bits per heavy atom. The third-order valence-electron chi connectivity index (χ3n) is 3.97. The Kier molecular flexibility index (Phi) is 6.63. The Morgan fingerprint density at radius 2 is 1.86 bits per heavy atom. The molecule has 0 radical (unpaired) electrons. The number of sulfonamides is 1. The first-order chi connectivity index (χ1) is 13.2. The largest absolute Gasteiger partial charge is 0.516 e. The first-order valence-corrected chi connectivity index (χ1v) is 11.0. The number of nitrogens with zero attached hydrogens (tertiary/aromatic N) is 1. The topological polar surface area (TPSA) is 88.2 Å². The summed E-state index contributed by atoms with van der Waals surface area (Å²) in [6.07, 6.45) is 0.551. The second kappa shape index (κ2) is 8.31. The lowest BCUT2D eigenvalue weighted by Gasteiger charge is -2.14. The molecule has 160 valence electrons. The number of rotatable bonds is 6. The van der Waals surface area contributed by atoms with Crippen LogP contribution < -0.4 is 10.0 Å². The minimum absolute atomic E-state index is 0.0511. The maximum absolute atomic E-state index is 12.5. The van der Waals surface area contributed by atoms with E-state index in [1.165, 1.54) is 35.1 Å². The molecular weight excluding hydrogens is 427 g/mol. The lowest BCUT2D eigenvalue weighted by atomic mass is 9.93. The molecule has 2 aromatic rings. The van der Waals surface area contributed by atoms with E-state index in [-0.39, 0.29) is 16.7 Å². The lowest BCUT2D eigenvalue weighted by molar-refractivity contribution is -0.0429. The van der Waals surface area contributed by atoms with Crippen LogP contribution in [0.15, 0.2) is 23.6 Å². The highest BCUT2D eigenvalue weighted by Gasteiger charge is 2.46. The average molecular weight is 450 g/mol. The summed E-state index contributed by atoms with van der Waals surface area (Å²) < 4.78 is 61.2. The Morgan fingerprint density at radius 1 is 1.21 bits per heavy atom. The Balaban J connectivity index is 1.98. The van der Waals surface area contributed by atoms with Crippen molar-refractivity contribution in [2.24, 2.45) is 0 Å². The summed E-state index contributed by atoms with van der Waals surface area (Å²) in [6.45, 7) is 8.05. The molecule has 0 aliphatic rings. The van der Waals surface area contributed by atoms with Crippen molar-refractivity contribution >= 4 is 33.0 Å². The van der Waals surface area contributed by atoms with Crippen molar-refractivity contribution < 1.29 is 26.4 Å². The number of nitrogens with one attached hydrogen (secondary N) is 2. The molecule has 11 heteroatoms. The van der Waals surface area contributed by atoms with Crippen molar-refractivity contribution in [1.82, 2.24) is 10.3 Å². The zero-order valence-electron chi connectivity index (χ0n) is 16.3. The molecule has 1 aromatic carbocycles.